The summed E-state index contributed by atoms with van der Waals surface area (Å²) in [7, 11) is 0. The van der Waals surface area contributed by atoms with E-state index in [1.807, 2.05) is 6.07 Å². The lowest BCUT2D eigenvalue weighted by Gasteiger charge is -2.37. The molecule has 3 N–H and O–H groups in total. The molecule has 1 aliphatic rings. The fourth-order valence-corrected chi connectivity index (χ4v) is 1.81. The second kappa shape index (κ2) is 4.57. The molecule has 1 amide bonds. The Hall–Kier alpha value is -1.49. The predicted octanol–water partition coefficient (Wildman–Crippen LogP) is 0.364. The van der Waals surface area contributed by atoms with E-state index in [2.05, 4.69) is 15.5 Å². The second-order valence-electron chi connectivity index (χ2n) is 4.38. The number of amides is 1. The van der Waals surface area contributed by atoms with Gasteiger partial charge in [-0.3, -0.25) is 4.79 Å². The first kappa shape index (κ1) is 11.0. The van der Waals surface area contributed by atoms with Crippen molar-refractivity contribution in [1.29, 1.82) is 0 Å². The van der Waals surface area contributed by atoms with Crippen molar-refractivity contribution in [2.75, 3.05) is 0 Å². The minimum absolute atomic E-state index is 0.00662. The Morgan fingerprint density at radius 1 is 1.56 bits per heavy atom. The number of carbonyl (C=O) groups excluding carboxylic acids is 1. The van der Waals surface area contributed by atoms with Gasteiger partial charge in [0.2, 0.25) is 5.91 Å². The Morgan fingerprint density at radius 3 is 2.94 bits per heavy atom. The summed E-state index contributed by atoms with van der Waals surface area (Å²) < 4.78 is 0. The second-order valence-corrected chi connectivity index (χ2v) is 4.38. The fraction of sp³-hybridized carbons (Fsp3) is 0.545. The van der Waals surface area contributed by atoms with E-state index < -0.39 is 0 Å². The number of rotatable bonds is 4. The molecule has 0 spiro atoms. The largest absolute Gasteiger partial charge is 0.350 e. The van der Waals surface area contributed by atoms with Crippen LogP contribution in [0.15, 0.2) is 18.3 Å². The molecule has 0 atom stereocenters. The van der Waals surface area contributed by atoms with Crippen LogP contribution < -0.4 is 11.1 Å². The van der Waals surface area contributed by atoms with Crippen molar-refractivity contribution < 1.29 is 4.79 Å². The summed E-state index contributed by atoms with van der Waals surface area (Å²) in [5.41, 5.74) is 6.49. The van der Waals surface area contributed by atoms with Crippen LogP contribution in [0.25, 0.3) is 0 Å². The third kappa shape index (κ3) is 2.76. The molecular formula is C11H16N4O. The van der Waals surface area contributed by atoms with E-state index in [4.69, 9.17) is 5.73 Å². The molecule has 2 rings (SSSR count). The summed E-state index contributed by atoms with van der Waals surface area (Å²) in [5, 5.41) is 10.4. The molecule has 86 valence electrons. The van der Waals surface area contributed by atoms with Crippen molar-refractivity contribution in [3.8, 4) is 0 Å². The lowest BCUT2D eigenvalue weighted by molar-refractivity contribution is -0.123. The van der Waals surface area contributed by atoms with Crippen LogP contribution in [0.2, 0.25) is 0 Å². The Balaban J connectivity index is 1.76. The van der Waals surface area contributed by atoms with Gasteiger partial charge in [-0.2, -0.15) is 10.2 Å². The molecule has 1 aromatic heterocycles. The van der Waals surface area contributed by atoms with Gasteiger partial charge in [0.15, 0.2) is 0 Å². The zero-order valence-corrected chi connectivity index (χ0v) is 9.15. The van der Waals surface area contributed by atoms with E-state index in [9.17, 15) is 4.79 Å². The zero-order valence-electron chi connectivity index (χ0n) is 9.15. The highest BCUT2D eigenvalue weighted by molar-refractivity contribution is 5.77. The molecule has 0 bridgehead atoms. The van der Waals surface area contributed by atoms with Crippen LogP contribution in [0.1, 0.15) is 31.4 Å². The molecule has 16 heavy (non-hydrogen) atoms. The summed E-state index contributed by atoms with van der Waals surface area (Å²) in [6, 6.07) is 3.62. The average molecular weight is 220 g/mol. The summed E-state index contributed by atoms with van der Waals surface area (Å²) in [4.78, 5) is 11.6. The number of hydrogen-bond acceptors (Lipinski definition) is 4. The maximum Gasteiger partial charge on any atom is 0.222 e. The molecular weight excluding hydrogens is 204 g/mol. The standard InChI is InChI=1S/C11H16N4O/c12-11(4-2-5-11)7-10(16)13-8-9-3-1-6-14-15-9/h1,3,6H,2,4-5,7-8,12H2,(H,13,16). The molecule has 5 heteroatoms. The smallest absolute Gasteiger partial charge is 0.222 e. The highest BCUT2D eigenvalue weighted by atomic mass is 16.1. The van der Waals surface area contributed by atoms with Gasteiger partial charge < -0.3 is 11.1 Å². The van der Waals surface area contributed by atoms with E-state index in [0.717, 1.165) is 25.0 Å². The first-order chi connectivity index (χ1) is 7.68. The Bertz CT molecular complexity index is 362. The van der Waals surface area contributed by atoms with Crippen LogP contribution >= 0.6 is 0 Å². The quantitative estimate of drug-likeness (QED) is 0.768. The Morgan fingerprint density at radius 2 is 2.38 bits per heavy atom. The van der Waals surface area contributed by atoms with Crippen LogP contribution in [-0.2, 0) is 11.3 Å². The van der Waals surface area contributed by atoms with E-state index in [0.29, 0.717) is 13.0 Å². The van der Waals surface area contributed by atoms with Gasteiger partial charge in [0, 0.05) is 18.2 Å². The van der Waals surface area contributed by atoms with E-state index in [1.54, 1.807) is 12.3 Å². The van der Waals surface area contributed by atoms with Gasteiger partial charge in [-0.15, -0.1) is 0 Å². The molecule has 0 saturated heterocycles. The zero-order chi connectivity index (χ0) is 11.4. The highest BCUT2D eigenvalue weighted by Crippen LogP contribution is 2.31. The first-order valence-electron chi connectivity index (χ1n) is 5.50. The summed E-state index contributed by atoms with van der Waals surface area (Å²) in [6.45, 7) is 0.419. The van der Waals surface area contributed by atoms with Crippen LogP contribution in [-0.4, -0.2) is 21.6 Å². The van der Waals surface area contributed by atoms with Crippen molar-refractivity contribution in [1.82, 2.24) is 15.5 Å². The van der Waals surface area contributed by atoms with Crippen molar-refractivity contribution in [2.45, 2.75) is 37.8 Å². The van der Waals surface area contributed by atoms with Crippen LogP contribution in [0, 0.1) is 0 Å². The van der Waals surface area contributed by atoms with Crippen molar-refractivity contribution in [2.24, 2.45) is 5.73 Å². The van der Waals surface area contributed by atoms with E-state index in [1.165, 1.54) is 0 Å². The molecule has 1 aromatic rings. The van der Waals surface area contributed by atoms with Gasteiger partial charge >= 0.3 is 0 Å². The van der Waals surface area contributed by atoms with Gasteiger partial charge in [-0.1, -0.05) is 0 Å². The van der Waals surface area contributed by atoms with Crippen molar-refractivity contribution >= 4 is 5.91 Å². The minimum atomic E-state index is -0.257. The number of hydrogen-bond donors (Lipinski definition) is 2. The molecule has 1 aliphatic carbocycles. The molecule has 0 aliphatic heterocycles. The van der Waals surface area contributed by atoms with Crippen molar-refractivity contribution in [3.05, 3.63) is 24.0 Å². The number of nitrogens with zero attached hydrogens (tertiary/aromatic N) is 2. The van der Waals surface area contributed by atoms with Crippen molar-refractivity contribution in [3.63, 3.8) is 0 Å². The van der Waals surface area contributed by atoms with Crippen LogP contribution in [0.3, 0.4) is 0 Å². The highest BCUT2D eigenvalue weighted by Gasteiger charge is 2.34. The number of nitrogens with two attached hydrogens (primary N) is 1. The van der Waals surface area contributed by atoms with Gasteiger partial charge in [0.05, 0.1) is 12.2 Å². The maximum atomic E-state index is 11.6. The molecule has 1 saturated carbocycles. The fourth-order valence-electron chi connectivity index (χ4n) is 1.81. The molecule has 1 heterocycles. The lowest BCUT2D eigenvalue weighted by Crippen LogP contribution is -2.49. The number of nitrogens with one attached hydrogen (secondary N) is 1. The van der Waals surface area contributed by atoms with E-state index in [-0.39, 0.29) is 11.4 Å². The minimum Gasteiger partial charge on any atom is -0.350 e. The molecule has 0 unspecified atom stereocenters. The number of aromatic nitrogens is 2. The summed E-state index contributed by atoms with van der Waals surface area (Å²) in [5.74, 6) is -0.00662. The van der Waals surface area contributed by atoms with Gasteiger partial charge in [0.1, 0.15) is 0 Å². The Labute approximate surface area is 94.4 Å². The Kier molecular flexibility index (Phi) is 3.14. The molecule has 0 radical (unpaired) electrons. The summed E-state index contributed by atoms with van der Waals surface area (Å²) >= 11 is 0. The normalized spacial score (nSPS) is 17.6. The maximum absolute atomic E-state index is 11.6. The lowest BCUT2D eigenvalue weighted by atomic mass is 9.75. The third-order valence-corrected chi connectivity index (χ3v) is 2.96. The molecule has 0 aromatic carbocycles. The SMILES string of the molecule is NC1(CC(=O)NCc2cccnn2)CCC1. The van der Waals surface area contributed by atoms with E-state index >= 15 is 0 Å². The third-order valence-electron chi connectivity index (χ3n) is 2.96. The summed E-state index contributed by atoms with van der Waals surface area (Å²) in [6.07, 6.45) is 5.05. The number of carbonyl (C=O) groups is 1. The first-order valence-corrected chi connectivity index (χ1v) is 5.50. The molecule has 1 fully saturated rings. The van der Waals surface area contributed by atoms with Gasteiger partial charge in [-0.25, -0.2) is 0 Å². The average Bonchev–Trinajstić information content (AvgIpc) is 2.26. The molecule has 5 nitrogen and oxygen atoms in total. The van der Waals surface area contributed by atoms with Crippen LogP contribution in [0.4, 0.5) is 0 Å². The van der Waals surface area contributed by atoms with Gasteiger partial charge in [0.25, 0.3) is 0 Å². The predicted molar refractivity (Wildman–Crippen MR) is 59.3 cm³/mol. The van der Waals surface area contributed by atoms with Crippen LogP contribution in [0.5, 0.6) is 0 Å². The topological polar surface area (TPSA) is 80.9 Å². The monoisotopic (exact) mass is 220 g/mol. The van der Waals surface area contributed by atoms with Gasteiger partial charge in [-0.05, 0) is 31.4 Å².